The van der Waals surface area contributed by atoms with Crippen LogP contribution < -0.4 is 5.73 Å². The van der Waals surface area contributed by atoms with Gasteiger partial charge in [0.25, 0.3) is 0 Å². The predicted molar refractivity (Wildman–Crippen MR) is 82.2 cm³/mol. The molecule has 0 aromatic heterocycles. The predicted octanol–water partition coefficient (Wildman–Crippen LogP) is 4.56. The van der Waals surface area contributed by atoms with Crippen molar-refractivity contribution in [3.8, 4) is 0 Å². The summed E-state index contributed by atoms with van der Waals surface area (Å²) in [4.78, 5) is 0. The third-order valence-corrected chi connectivity index (χ3v) is 4.00. The van der Waals surface area contributed by atoms with Gasteiger partial charge in [0.15, 0.2) is 0 Å². The normalized spacial score (nSPS) is 14.3. The van der Waals surface area contributed by atoms with Crippen molar-refractivity contribution in [2.45, 2.75) is 38.6 Å². The lowest BCUT2D eigenvalue weighted by Gasteiger charge is -2.30. The lowest BCUT2D eigenvalue weighted by atomic mass is 9.80. The molecule has 0 aliphatic rings. The lowest BCUT2D eigenvalue weighted by molar-refractivity contribution is 0.479. The minimum Gasteiger partial charge on any atom is -0.318 e. The fraction of sp³-hybridized carbons (Fsp3) is 0.333. The Balaban J connectivity index is 2.48. The summed E-state index contributed by atoms with van der Waals surface area (Å²) in [6.07, 6.45) is 0.648. The highest BCUT2D eigenvalue weighted by atomic mass is 19.1. The SMILES string of the molecule is CCC(N)(c1ccc(C(C)C)cc1)c1ccccc1F. The molecule has 0 amide bonds. The van der Waals surface area contributed by atoms with E-state index in [0.29, 0.717) is 17.9 Å². The van der Waals surface area contributed by atoms with Gasteiger partial charge in [-0.15, -0.1) is 0 Å². The van der Waals surface area contributed by atoms with Crippen LogP contribution in [0.4, 0.5) is 4.39 Å². The summed E-state index contributed by atoms with van der Waals surface area (Å²) in [5.74, 6) is 0.232. The van der Waals surface area contributed by atoms with Crippen molar-refractivity contribution in [3.05, 3.63) is 71.0 Å². The van der Waals surface area contributed by atoms with Crippen molar-refractivity contribution in [1.29, 1.82) is 0 Å². The number of hydrogen-bond acceptors (Lipinski definition) is 1. The highest BCUT2D eigenvalue weighted by Gasteiger charge is 2.30. The number of benzene rings is 2. The van der Waals surface area contributed by atoms with Gasteiger partial charge in [-0.05, 0) is 29.5 Å². The quantitative estimate of drug-likeness (QED) is 0.866. The minimum atomic E-state index is -0.777. The molecule has 106 valence electrons. The zero-order valence-electron chi connectivity index (χ0n) is 12.4. The molecule has 0 bridgehead atoms. The van der Waals surface area contributed by atoms with Crippen molar-refractivity contribution in [3.63, 3.8) is 0 Å². The summed E-state index contributed by atoms with van der Waals surface area (Å²) in [6, 6.07) is 15.0. The van der Waals surface area contributed by atoms with E-state index in [0.717, 1.165) is 5.56 Å². The largest absolute Gasteiger partial charge is 0.318 e. The number of nitrogens with two attached hydrogens (primary N) is 1. The van der Waals surface area contributed by atoms with E-state index in [1.54, 1.807) is 12.1 Å². The number of hydrogen-bond donors (Lipinski definition) is 1. The summed E-state index contributed by atoms with van der Waals surface area (Å²) < 4.78 is 14.1. The third kappa shape index (κ3) is 2.61. The molecule has 1 nitrogen and oxygen atoms in total. The first-order valence-corrected chi connectivity index (χ1v) is 7.13. The van der Waals surface area contributed by atoms with Gasteiger partial charge in [0, 0.05) is 5.56 Å². The van der Waals surface area contributed by atoms with Crippen LogP contribution in [0.3, 0.4) is 0 Å². The Morgan fingerprint density at radius 3 is 2.15 bits per heavy atom. The molecule has 0 radical (unpaired) electrons. The van der Waals surface area contributed by atoms with Gasteiger partial charge >= 0.3 is 0 Å². The molecule has 0 fully saturated rings. The molecule has 0 heterocycles. The molecule has 1 unspecified atom stereocenters. The van der Waals surface area contributed by atoms with Crippen LogP contribution in [0.2, 0.25) is 0 Å². The Bertz CT molecular complexity index is 574. The van der Waals surface area contributed by atoms with Crippen LogP contribution in [0.15, 0.2) is 48.5 Å². The van der Waals surface area contributed by atoms with Crippen LogP contribution in [-0.4, -0.2) is 0 Å². The summed E-state index contributed by atoms with van der Waals surface area (Å²) >= 11 is 0. The highest BCUT2D eigenvalue weighted by molar-refractivity contribution is 5.40. The molecular weight excluding hydrogens is 249 g/mol. The van der Waals surface area contributed by atoms with Gasteiger partial charge in [-0.3, -0.25) is 0 Å². The maximum atomic E-state index is 14.1. The molecule has 0 saturated heterocycles. The first-order valence-electron chi connectivity index (χ1n) is 7.13. The smallest absolute Gasteiger partial charge is 0.128 e. The average molecular weight is 271 g/mol. The average Bonchev–Trinajstić information content (AvgIpc) is 2.47. The molecular formula is C18H22FN. The zero-order valence-corrected chi connectivity index (χ0v) is 12.4. The van der Waals surface area contributed by atoms with Gasteiger partial charge in [-0.25, -0.2) is 4.39 Å². The number of halogens is 1. The Labute approximate surface area is 120 Å². The molecule has 1 atom stereocenters. The maximum absolute atomic E-state index is 14.1. The summed E-state index contributed by atoms with van der Waals surface area (Å²) in [7, 11) is 0. The third-order valence-electron chi connectivity index (χ3n) is 4.00. The van der Waals surface area contributed by atoms with E-state index >= 15 is 0 Å². The van der Waals surface area contributed by atoms with Gasteiger partial charge in [0.2, 0.25) is 0 Å². The maximum Gasteiger partial charge on any atom is 0.128 e. The van der Waals surface area contributed by atoms with E-state index < -0.39 is 5.54 Å². The van der Waals surface area contributed by atoms with E-state index in [1.807, 2.05) is 25.1 Å². The molecule has 0 spiro atoms. The second-order valence-electron chi connectivity index (χ2n) is 5.58. The van der Waals surface area contributed by atoms with Crippen molar-refractivity contribution >= 4 is 0 Å². The van der Waals surface area contributed by atoms with Gasteiger partial charge < -0.3 is 5.73 Å². The Morgan fingerprint density at radius 1 is 1.05 bits per heavy atom. The van der Waals surface area contributed by atoms with Crippen LogP contribution in [0.1, 0.15) is 49.8 Å². The van der Waals surface area contributed by atoms with Crippen molar-refractivity contribution in [2.75, 3.05) is 0 Å². The zero-order chi connectivity index (χ0) is 14.8. The van der Waals surface area contributed by atoms with E-state index in [1.165, 1.54) is 11.6 Å². The van der Waals surface area contributed by atoms with Gasteiger partial charge in [-0.2, -0.15) is 0 Å². The van der Waals surface area contributed by atoms with Crippen molar-refractivity contribution in [1.82, 2.24) is 0 Å². The van der Waals surface area contributed by atoms with Crippen LogP contribution >= 0.6 is 0 Å². The van der Waals surface area contributed by atoms with Crippen molar-refractivity contribution in [2.24, 2.45) is 5.73 Å². The van der Waals surface area contributed by atoms with Gasteiger partial charge in [0.05, 0.1) is 5.54 Å². The second-order valence-corrected chi connectivity index (χ2v) is 5.58. The van der Waals surface area contributed by atoms with Crippen LogP contribution in [0.5, 0.6) is 0 Å². The second kappa shape index (κ2) is 5.76. The van der Waals surface area contributed by atoms with Crippen LogP contribution in [0, 0.1) is 5.82 Å². The monoisotopic (exact) mass is 271 g/mol. The number of rotatable bonds is 4. The Hall–Kier alpha value is -1.67. The standard InChI is InChI=1S/C18H22FN/c1-4-18(20,16-7-5-6-8-17(16)19)15-11-9-14(10-12-15)13(2)3/h5-13H,4,20H2,1-3H3. The van der Waals surface area contributed by atoms with E-state index in [4.69, 9.17) is 5.73 Å². The molecule has 2 heteroatoms. The van der Waals surface area contributed by atoms with E-state index in [2.05, 4.69) is 26.0 Å². The molecule has 0 aliphatic heterocycles. The van der Waals surface area contributed by atoms with Crippen LogP contribution in [0.25, 0.3) is 0 Å². The molecule has 20 heavy (non-hydrogen) atoms. The topological polar surface area (TPSA) is 26.0 Å². The fourth-order valence-electron chi connectivity index (χ4n) is 2.54. The summed E-state index contributed by atoms with van der Waals surface area (Å²) in [5.41, 5.74) is 8.52. The fourth-order valence-corrected chi connectivity index (χ4v) is 2.54. The first kappa shape index (κ1) is 14.7. The van der Waals surface area contributed by atoms with E-state index in [9.17, 15) is 4.39 Å². The van der Waals surface area contributed by atoms with Gasteiger partial charge in [-0.1, -0.05) is 63.2 Å². The lowest BCUT2D eigenvalue weighted by Crippen LogP contribution is -2.38. The van der Waals surface area contributed by atoms with Gasteiger partial charge in [0.1, 0.15) is 5.82 Å². The molecule has 2 aromatic rings. The van der Waals surface area contributed by atoms with E-state index in [-0.39, 0.29) is 5.82 Å². The molecule has 2 N–H and O–H groups in total. The molecule has 0 saturated carbocycles. The molecule has 0 aliphatic carbocycles. The van der Waals surface area contributed by atoms with Crippen molar-refractivity contribution < 1.29 is 4.39 Å². The highest BCUT2D eigenvalue weighted by Crippen LogP contribution is 2.32. The molecule has 2 aromatic carbocycles. The Kier molecular flexibility index (Phi) is 4.24. The minimum absolute atomic E-state index is 0.246. The Morgan fingerprint density at radius 2 is 1.65 bits per heavy atom. The summed E-state index contributed by atoms with van der Waals surface area (Å²) in [6.45, 7) is 6.30. The van der Waals surface area contributed by atoms with Crippen LogP contribution in [-0.2, 0) is 5.54 Å². The molecule has 2 rings (SSSR count). The summed E-state index contributed by atoms with van der Waals surface area (Å²) in [5, 5.41) is 0. The first-order chi connectivity index (χ1) is 9.49.